The first kappa shape index (κ1) is 15.2. The molecule has 0 amide bonds. The van der Waals surface area contributed by atoms with Crippen molar-refractivity contribution >= 4 is 17.4 Å². The number of alkyl halides is 2. The molecule has 2 aromatic heterocycles. The molecule has 0 bridgehead atoms. The van der Waals surface area contributed by atoms with Crippen molar-refractivity contribution in [2.45, 2.75) is 44.6 Å². The molecule has 0 radical (unpaired) electrons. The fourth-order valence-electron chi connectivity index (χ4n) is 2.64. The van der Waals surface area contributed by atoms with Gasteiger partial charge in [-0.05, 0) is 31.9 Å². The lowest BCUT2D eigenvalue weighted by Crippen LogP contribution is -2.32. The van der Waals surface area contributed by atoms with Gasteiger partial charge in [-0.15, -0.1) is 0 Å². The molecular weight excluding hydrogens is 310 g/mol. The molecule has 1 fully saturated rings. The van der Waals surface area contributed by atoms with E-state index in [1.165, 1.54) is 0 Å². The van der Waals surface area contributed by atoms with Crippen molar-refractivity contribution in [2.24, 2.45) is 0 Å². The van der Waals surface area contributed by atoms with Crippen LogP contribution in [0.4, 0.5) is 14.6 Å². The number of H-pyrrole nitrogens is 1. The zero-order chi connectivity index (χ0) is 15.7. The van der Waals surface area contributed by atoms with Crippen LogP contribution in [0.5, 0.6) is 0 Å². The van der Waals surface area contributed by atoms with E-state index in [0.29, 0.717) is 29.6 Å². The SMILES string of the molecule is Cc1ccc(-c2nc(Cl)cc(NC3CCC(F)(F)CC3)n2)[nH]1. The molecule has 2 N–H and O–H groups in total. The average Bonchev–Trinajstić information content (AvgIpc) is 2.87. The number of halogens is 3. The topological polar surface area (TPSA) is 53.6 Å². The van der Waals surface area contributed by atoms with Crippen molar-refractivity contribution in [2.75, 3.05) is 5.32 Å². The molecular formula is C15H17ClF2N4. The third-order valence-corrected chi connectivity index (χ3v) is 4.03. The molecule has 1 aliphatic rings. The highest BCUT2D eigenvalue weighted by Gasteiger charge is 2.34. The summed E-state index contributed by atoms with van der Waals surface area (Å²) in [7, 11) is 0. The van der Waals surface area contributed by atoms with E-state index >= 15 is 0 Å². The van der Waals surface area contributed by atoms with Gasteiger partial charge in [-0.3, -0.25) is 0 Å². The summed E-state index contributed by atoms with van der Waals surface area (Å²) in [6.07, 6.45) is 0.662. The number of aryl methyl sites for hydroxylation is 1. The lowest BCUT2D eigenvalue weighted by molar-refractivity contribution is -0.0361. The summed E-state index contributed by atoms with van der Waals surface area (Å²) >= 11 is 6.04. The van der Waals surface area contributed by atoms with Gasteiger partial charge < -0.3 is 10.3 Å². The fourth-order valence-corrected chi connectivity index (χ4v) is 2.82. The van der Waals surface area contributed by atoms with Crippen LogP contribution < -0.4 is 5.32 Å². The number of nitrogens with one attached hydrogen (secondary N) is 2. The van der Waals surface area contributed by atoms with Gasteiger partial charge in [0.2, 0.25) is 5.92 Å². The summed E-state index contributed by atoms with van der Waals surface area (Å²) in [5.74, 6) is -1.48. The van der Waals surface area contributed by atoms with Crippen LogP contribution in [-0.4, -0.2) is 26.9 Å². The lowest BCUT2D eigenvalue weighted by Gasteiger charge is -2.29. The van der Waals surface area contributed by atoms with Crippen molar-refractivity contribution in [3.05, 3.63) is 29.0 Å². The summed E-state index contributed by atoms with van der Waals surface area (Å²) in [5, 5.41) is 3.51. The van der Waals surface area contributed by atoms with Crippen molar-refractivity contribution in [1.29, 1.82) is 0 Å². The molecule has 0 spiro atoms. The van der Waals surface area contributed by atoms with Crippen LogP contribution in [0.15, 0.2) is 18.2 Å². The number of hydrogen-bond acceptors (Lipinski definition) is 3. The molecule has 7 heteroatoms. The third kappa shape index (κ3) is 3.55. The second kappa shape index (κ2) is 5.83. The maximum Gasteiger partial charge on any atom is 0.248 e. The minimum absolute atomic E-state index is 0.0104. The largest absolute Gasteiger partial charge is 0.367 e. The zero-order valence-corrected chi connectivity index (χ0v) is 12.9. The Kier molecular flexibility index (Phi) is 4.04. The van der Waals surface area contributed by atoms with E-state index in [4.69, 9.17) is 11.6 Å². The van der Waals surface area contributed by atoms with Crippen LogP contribution in [0, 0.1) is 6.92 Å². The van der Waals surface area contributed by atoms with Crippen molar-refractivity contribution in [3.63, 3.8) is 0 Å². The second-order valence-corrected chi connectivity index (χ2v) is 6.12. The molecule has 0 aromatic carbocycles. The van der Waals surface area contributed by atoms with Gasteiger partial charge in [0.05, 0.1) is 5.69 Å². The number of anilines is 1. The summed E-state index contributed by atoms with van der Waals surface area (Å²) in [6, 6.07) is 5.42. The molecule has 0 unspecified atom stereocenters. The number of hydrogen-bond donors (Lipinski definition) is 2. The summed E-state index contributed by atoms with van der Waals surface area (Å²) in [5.41, 5.74) is 1.78. The van der Waals surface area contributed by atoms with Crippen LogP contribution in [0.1, 0.15) is 31.4 Å². The van der Waals surface area contributed by atoms with Crippen LogP contribution in [0.25, 0.3) is 11.5 Å². The van der Waals surface area contributed by atoms with E-state index in [1.54, 1.807) is 6.07 Å². The first-order chi connectivity index (χ1) is 10.4. The molecule has 3 rings (SSSR count). The molecule has 2 heterocycles. The Balaban J connectivity index is 1.76. The highest BCUT2D eigenvalue weighted by atomic mass is 35.5. The van der Waals surface area contributed by atoms with Gasteiger partial charge in [0.15, 0.2) is 5.82 Å². The maximum atomic E-state index is 13.2. The first-order valence-corrected chi connectivity index (χ1v) is 7.64. The van der Waals surface area contributed by atoms with E-state index in [1.807, 2.05) is 19.1 Å². The van der Waals surface area contributed by atoms with Crippen molar-refractivity contribution in [1.82, 2.24) is 15.0 Å². The van der Waals surface area contributed by atoms with Crippen LogP contribution in [0.3, 0.4) is 0 Å². The van der Waals surface area contributed by atoms with E-state index in [-0.39, 0.29) is 18.9 Å². The molecule has 118 valence electrons. The van der Waals surface area contributed by atoms with Gasteiger partial charge >= 0.3 is 0 Å². The average molecular weight is 327 g/mol. The van der Waals surface area contributed by atoms with Gasteiger partial charge in [0, 0.05) is 30.6 Å². The smallest absolute Gasteiger partial charge is 0.248 e. The molecule has 1 saturated carbocycles. The molecule has 2 aromatic rings. The minimum atomic E-state index is -2.53. The van der Waals surface area contributed by atoms with Crippen LogP contribution >= 0.6 is 11.6 Å². The number of aromatic amines is 1. The number of nitrogens with zero attached hydrogens (tertiary/aromatic N) is 2. The van der Waals surface area contributed by atoms with Crippen molar-refractivity contribution < 1.29 is 8.78 Å². The Bertz CT molecular complexity index is 661. The second-order valence-electron chi connectivity index (χ2n) is 5.73. The normalized spacial score (nSPS) is 18.4. The van der Waals surface area contributed by atoms with Gasteiger partial charge in [-0.1, -0.05) is 11.6 Å². The van der Waals surface area contributed by atoms with Gasteiger partial charge in [0.25, 0.3) is 0 Å². The van der Waals surface area contributed by atoms with Crippen LogP contribution in [0.2, 0.25) is 5.15 Å². The molecule has 4 nitrogen and oxygen atoms in total. The highest BCUT2D eigenvalue weighted by Crippen LogP contribution is 2.34. The predicted octanol–water partition coefficient (Wildman–Crippen LogP) is 4.42. The summed E-state index contributed by atoms with van der Waals surface area (Å²) in [6.45, 7) is 1.94. The quantitative estimate of drug-likeness (QED) is 0.821. The van der Waals surface area contributed by atoms with Gasteiger partial charge in [-0.25, -0.2) is 18.7 Å². The summed E-state index contributed by atoms with van der Waals surface area (Å²) < 4.78 is 26.4. The molecule has 0 aliphatic heterocycles. The number of rotatable bonds is 3. The Hall–Kier alpha value is -1.69. The maximum absolute atomic E-state index is 13.2. The van der Waals surface area contributed by atoms with Gasteiger partial charge in [-0.2, -0.15) is 0 Å². The van der Waals surface area contributed by atoms with E-state index in [2.05, 4.69) is 20.3 Å². The van der Waals surface area contributed by atoms with E-state index in [9.17, 15) is 8.78 Å². The Morgan fingerprint density at radius 1 is 1.27 bits per heavy atom. The Morgan fingerprint density at radius 2 is 2.00 bits per heavy atom. The fraction of sp³-hybridized carbons (Fsp3) is 0.467. The molecule has 1 aliphatic carbocycles. The predicted molar refractivity (Wildman–Crippen MR) is 82.4 cm³/mol. The van der Waals surface area contributed by atoms with E-state index in [0.717, 1.165) is 11.4 Å². The number of aromatic nitrogens is 3. The highest BCUT2D eigenvalue weighted by molar-refractivity contribution is 6.29. The molecule has 0 atom stereocenters. The van der Waals surface area contributed by atoms with Crippen molar-refractivity contribution in [3.8, 4) is 11.5 Å². The monoisotopic (exact) mass is 326 g/mol. The minimum Gasteiger partial charge on any atom is -0.367 e. The molecule has 22 heavy (non-hydrogen) atoms. The first-order valence-electron chi connectivity index (χ1n) is 7.26. The molecule has 0 saturated heterocycles. The zero-order valence-electron chi connectivity index (χ0n) is 12.2. The lowest BCUT2D eigenvalue weighted by atomic mass is 9.92. The van der Waals surface area contributed by atoms with Crippen LogP contribution in [-0.2, 0) is 0 Å². The Morgan fingerprint density at radius 3 is 2.64 bits per heavy atom. The third-order valence-electron chi connectivity index (χ3n) is 3.84. The summed E-state index contributed by atoms with van der Waals surface area (Å²) in [4.78, 5) is 11.8. The standard InChI is InChI=1S/C15H17ClF2N4/c1-9-2-3-11(19-9)14-21-12(16)8-13(22-14)20-10-4-6-15(17,18)7-5-10/h2-3,8,10,19H,4-7H2,1H3,(H,20,21,22). The van der Waals surface area contributed by atoms with Gasteiger partial charge in [0.1, 0.15) is 11.0 Å². The Labute approximate surface area is 132 Å². The van der Waals surface area contributed by atoms with E-state index < -0.39 is 5.92 Å².